The lowest BCUT2D eigenvalue weighted by Gasteiger charge is -2.45. The standard InChI is InChI=1S/C28H32/c1-5-17(6-1)23-15-25(27(23)19-9-3-10-19)21-13-14-22(21)26-16-24(18-7-2-8-18)28(26)20-11-4-12-20/h1-16H2. The van der Waals surface area contributed by atoms with Gasteiger partial charge in [-0.05, 0) is 147 Å². The third-order valence-electron chi connectivity index (χ3n) is 9.02. The molecule has 0 unspecified atom stereocenters. The summed E-state index contributed by atoms with van der Waals surface area (Å²) in [5.74, 6) is 0. The molecule has 0 N–H and O–H groups in total. The molecular formula is C28H32. The van der Waals surface area contributed by atoms with E-state index in [1.165, 1.54) is 103 Å². The lowest BCUT2D eigenvalue weighted by Crippen LogP contribution is -2.26. The number of hydrogen-bond acceptors (Lipinski definition) is 0. The predicted molar refractivity (Wildman–Crippen MR) is 116 cm³/mol. The molecule has 7 fully saturated rings. The molecule has 0 amide bonds. The van der Waals surface area contributed by atoms with Gasteiger partial charge in [-0.1, -0.05) is 22.3 Å². The number of rotatable bonds is 0. The summed E-state index contributed by atoms with van der Waals surface area (Å²) in [5.41, 5.74) is 21.7. The minimum atomic E-state index is 1.32. The lowest BCUT2D eigenvalue weighted by atomic mass is 9.60. The quantitative estimate of drug-likeness (QED) is 0.405. The van der Waals surface area contributed by atoms with Gasteiger partial charge in [-0.2, -0.15) is 0 Å². The van der Waals surface area contributed by atoms with Gasteiger partial charge in [0.05, 0.1) is 0 Å². The van der Waals surface area contributed by atoms with E-state index in [2.05, 4.69) is 0 Å². The SMILES string of the molecule is C1CC(=C2CC(=C3CCC3=C3CC(=C4CCC4)C3=C3CCC3)C2=C2CCC2)C1. The summed E-state index contributed by atoms with van der Waals surface area (Å²) in [6, 6.07) is 0. The molecule has 0 radical (unpaired) electrons. The highest BCUT2D eigenvalue weighted by Crippen LogP contribution is 2.59. The van der Waals surface area contributed by atoms with Gasteiger partial charge >= 0.3 is 0 Å². The second-order valence-electron chi connectivity index (χ2n) is 10.3. The Kier molecular flexibility index (Phi) is 3.47. The molecular weight excluding hydrogens is 336 g/mol. The monoisotopic (exact) mass is 368 g/mol. The third-order valence-corrected chi connectivity index (χ3v) is 9.02. The molecule has 0 aliphatic heterocycles. The second kappa shape index (κ2) is 5.97. The van der Waals surface area contributed by atoms with E-state index in [1.807, 2.05) is 44.6 Å². The van der Waals surface area contributed by atoms with Crippen molar-refractivity contribution in [2.75, 3.05) is 0 Å². The van der Waals surface area contributed by atoms with Crippen LogP contribution in [0.1, 0.15) is 103 Å². The van der Waals surface area contributed by atoms with Crippen LogP contribution in [0.2, 0.25) is 0 Å². The molecule has 0 aromatic carbocycles. The van der Waals surface area contributed by atoms with E-state index in [1.54, 1.807) is 22.3 Å². The number of allylic oxidation sites excluding steroid dienone is 12. The van der Waals surface area contributed by atoms with Crippen molar-refractivity contribution in [1.82, 2.24) is 0 Å². The van der Waals surface area contributed by atoms with Gasteiger partial charge < -0.3 is 0 Å². The molecule has 7 rings (SSSR count). The maximum Gasteiger partial charge on any atom is -0.00113 e. The van der Waals surface area contributed by atoms with Crippen molar-refractivity contribution in [3.8, 4) is 0 Å². The largest absolute Gasteiger partial charge is 0.0660 e. The zero-order valence-corrected chi connectivity index (χ0v) is 17.3. The summed E-state index contributed by atoms with van der Waals surface area (Å²) in [5, 5.41) is 0. The minimum Gasteiger partial charge on any atom is -0.0660 e. The summed E-state index contributed by atoms with van der Waals surface area (Å²) >= 11 is 0. The molecule has 0 aromatic heterocycles. The van der Waals surface area contributed by atoms with E-state index in [-0.39, 0.29) is 0 Å². The smallest absolute Gasteiger partial charge is 0.00113 e. The van der Waals surface area contributed by atoms with E-state index in [0.717, 1.165) is 0 Å². The Morgan fingerprint density at radius 2 is 0.643 bits per heavy atom. The molecule has 7 aliphatic carbocycles. The molecule has 7 saturated carbocycles. The zero-order chi connectivity index (χ0) is 18.2. The van der Waals surface area contributed by atoms with Crippen molar-refractivity contribution < 1.29 is 0 Å². The molecule has 28 heavy (non-hydrogen) atoms. The first-order valence-corrected chi connectivity index (χ1v) is 12.2. The van der Waals surface area contributed by atoms with Crippen LogP contribution in [-0.2, 0) is 0 Å². The van der Waals surface area contributed by atoms with Crippen LogP contribution in [-0.4, -0.2) is 0 Å². The Morgan fingerprint density at radius 1 is 0.286 bits per heavy atom. The molecule has 144 valence electrons. The maximum absolute atomic E-state index is 1.82. The Hall–Kier alpha value is -1.56. The first-order valence-electron chi connectivity index (χ1n) is 12.2. The lowest BCUT2D eigenvalue weighted by molar-refractivity contribution is 0.610. The van der Waals surface area contributed by atoms with Gasteiger partial charge in [0.25, 0.3) is 0 Å². The topological polar surface area (TPSA) is 0 Å². The summed E-state index contributed by atoms with van der Waals surface area (Å²) in [6.07, 6.45) is 22.3. The normalized spacial score (nSPS) is 34.3. The summed E-state index contributed by atoms with van der Waals surface area (Å²) in [4.78, 5) is 0. The molecule has 0 bridgehead atoms. The summed E-state index contributed by atoms with van der Waals surface area (Å²) < 4.78 is 0. The first kappa shape index (κ1) is 16.3. The van der Waals surface area contributed by atoms with Gasteiger partial charge in [-0.3, -0.25) is 0 Å². The van der Waals surface area contributed by atoms with Crippen molar-refractivity contribution in [3.05, 3.63) is 66.9 Å². The maximum atomic E-state index is 1.82. The van der Waals surface area contributed by atoms with E-state index in [4.69, 9.17) is 0 Å². The molecule has 0 saturated heterocycles. The van der Waals surface area contributed by atoms with Crippen LogP contribution >= 0.6 is 0 Å². The molecule has 7 aliphatic rings. The molecule has 0 heteroatoms. The Balaban J connectivity index is 1.30. The van der Waals surface area contributed by atoms with Crippen LogP contribution in [0.3, 0.4) is 0 Å². The third kappa shape index (κ3) is 2.13. The molecule has 0 aromatic rings. The molecule has 0 nitrogen and oxygen atoms in total. The Labute approximate surface area is 169 Å². The average molecular weight is 369 g/mol. The van der Waals surface area contributed by atoms with Gasteiger partial charge in [0.15, 0.2) is 0 Å². The Morgan fingerprint density at radius 3 is 0.893 bits per heavy atom. The van der Waals surface area contributed by atoms with Crippen LogP contribution in [0.5, 0.6) is 0 Å². The van der Waals surface area contributed by atoms with Crippen LogP contribution in [0, 0.1) is 0 Å². The highest BCUT2D eigenvalue weighted by molar-refractivity contribution is 5.74. The fourth-order valence-corrected chi connectivity index (χ4v) is 6.39. The van der Waals surface area contributed by atoms with Crippen molar-refractivity contribution in [3.63, 3.8) is 0 Å². The van der Waals surface area contributed by atoms with E-state index < -0.39 is 0 Å². The van der Waals surface area contributed by atoms with Crippen molar-refractivity contribution in [2.45, 2.75) is 103 Å². The summed E-state index contributed by atoms with van der Waals surface area (Å²) in [6.45, 7) is 0. The molecule has 0 spiro atoms. The van der Waals surface area contributed by atoms with E-state index >= 15 is 0 Å². The van der Waals surface area contributed by atoms with E-state index in [9.17, 15) is 0 Å². The van der Waals surface area contributed by atoms with Gasteiger partial charge in [0.1, 0.15) is 0 Å². The fourth-order valence-electron chi connectivity index (χ4n) is 6.39. The van der Waals surface area contributed by atoms with Gasteiger partial charge in [-0.25, -0.2) is 0 Å². The average Bonchev–Trinajstić information content (AvgIpc) is 2.47. The molecule has 0 heterocycles. The minimum absolute atomic E-state index is 1.32. The van der Waals surface area contributed by atoms with Crippen LogP contribution in [0.15, 0.2) is 66.9 Å². The zero-order valence-electron chi connectivity index (χ0n) is 17.3. The first-order chi connectivity index (χ1) is 13.9. The highest BCUT2D eigenvalue weighted by Gasteiger charge is 2.40. The predicted octanol–water partition coefficient (Wildman–Crippen LogP) is 8.10. The van der Waals surface area contributed by atoms with Gasteiger partial charge in [-0.15, -0.1) is 0 Å². The van der Waals surface area contributed by atoms with Gasteiger partial charge in [0.2, 0.25) is 0 Å². The van der Waals surface area contributed by atoms with Crippen molar-refractivity contribution in [1.29, 1.82) is 0 Å². The van der Waals surface area contributed by atoms with Crippen LogP contribution in [0.25, 0.3) is 0 Å². The van der Waals surface area contributed by atoms with Crippen LogP contribution < -0.4 is 0 Å². The van der Waals surface area contributed by atoms with Gasteiger partial charge in [0, 0.05) is 0 Å². The Bertz CT molecular complexity index is 889. The van der Waals surface area contributed by atoms with Crippen molar-refractivity contribution >= 4 is 0 Å². The highest BCUT2D eigenvalue weighted by atomic mass is 14.4. The van der Waals surface area contributed by atoms with Crippen LogP contribution in [0.4, 0.5) is 0 Å². The summed E-state index contributed by atoms with van der Waals surface area (Å²) in [7, 11) is 0. The molecule has 0 atom stereocenters. The fraction of sp³-hybridized carbons (Fsp3) is 0.571. The van der Waals surface area contributed by atoms with E-state index in [0.29, 0.717) is 0 Å². The number of hydrogen-bond donors (Lipinski definition) is 0. The second-order valence-corrected chi connectivity index (χ2v) is 10.3. The van der Waals surface area contributed by atoms with Crippen molar-refractivity contribution in [2.24, 2.45) is 0 Å².